The molecular weight excluding hydrogens is 673 g/mol. The molecule has 11 aromatic rings. The van der Waals surface area contributed by atoms with Crippen LogP contribution in [0.15, 0.2) is 162 Å². The van der Waals surface area contributed by atoms with Crippen molar-refractivity contribution in [3.8, 4) is 33.4 Å². The number of rotatable bonds is 3. The van der Waals surface area contributed by atoms with Gasteiger partial charge in [0.25, 0.3) is 0 Å². The van der Waals surface area contributed by atoms with Crippen molar-refractivity contribution in [2.45, 2.75) is 12.8 Å². The Morgan fingerprint density at radius 2 is 1.04 bits per heavy atom. The Bertz CT molecular complexity index is 3510. The van der Waals surface area contributed by atoms with Gasteiger partial charge in [0.2, 0.25) is 0 Å². The summed E-state index contributed by atoms with van der Waals surface area (Å²) in [7, 11) is 0. The SMILES string of the molecule is C1=c2c(-c3cccc(-c4cc5c6ccccc6oc5c5cc6sc7ccccc7c6cc45)c3)c3ccccc3c(-c3ccc4ccccc4c3)c2=CCC1. The van der Waals surface area contributed by atoms with E-state index < -0.39 is 0 Å². The first-order valence-electron chi connectivity index (χ1n) is 18.8. The van der Waals surface area contributed by atoms with Gasteiger partial charge in [0.15, 0.2) is 0 Å². The van der Waals surface area contributed by atoms with Gasteiger partial charge in [-0.1, -0.05) is 127 Å². The van der Waals surface area contributed by atoms with E-state index in [-0.39, 0.29) is 0 Å². The largest absolute Gasteiger partial charge is 0.455 e. The number of hydrogen-bond donors (Lipinski definition) is 0. The Labute approximate surface area is 315 Å². The van der Waals surface area contributed by atoms with Crippen LogP contribution in [0.25, 0.3) is 120 Å². The standard InChI is InChI=1S/C52H32OS/c1-2-13-32-26-35(25-24-31(32)12-1)51-40-20-5-3-18-38(40)50(39-19-4-6-21-41(39)51)34-15-11-14-33(27-34)42-28-45-36-16-7-9-22-47(36)53-52(45)46-30-49-44(29-43(42)46)37-17-8-10-23-48(37)54-49/h1-3,5,7-30H,4,6H2. The van der Waals surface area contributed by atoms with Crippen molar-refractivity contribution in [1.29, 1.82) is 0 Å². The third-order valence-corrected chi connectivity index (χ3v) is 12.8. The summed E-state index contributed by atoms with van der Waals surface area (Å²) in [4.78, 5) is 0. The van der Waals surface area contributed by atoms with Crippen LogP contribution in [0.5, 0.6) is 0 Å². The van der Waals surface area contributed by atoms with E-state index in [0.717, 1.165) is 40.2 Å². The van der Waals surface area contributed by atoms with E-state index in [0.29, 0.717) is 0 Å². The van der Waals surface area contributed by atoms with Crippen LogP contribution in [-0.4, -0.2) is 0 Å². The van der Waals surface area contributed by atoms with E-state index in [1.165, 1.54) is 90.9 Å². The first-order chi connectivity index (χ1) is 26.8. The summed E-state index contributed by atoms with van der Waals surface area (Å²) in [6.07, 6.45) is 7.03. The summed E-state index contributed by atoms with van der Waals surface area (Å²) in [5, 5.41) is 15.1. The van der Waals surface area contributed by atoms with Gasteiger partial charge >= 0.3 is 0 Å². The predicted octanol–water partition coefficient (Wildman–Crippen LogP) is 13.8. The maximum Gasteiger partial charge on any atom is 0.143 e. The molecule has 0 spiro atoms. The van der Waals surface area contributed by atoms with Gasteiger partial charge in [0, 0.05) is 36.3 Å². The zero-order chi connectivity index (χ0) is 35.3. The van der Waals surface area contributed by atoms with Crippen molar-refractivity contribution in [1.82, 2.24) is 0 Å². The molecule has 0 bridgehead atoms. The molecule has 0 saturated carbocycles. The molecule has 0 aliphatic heterocycles. The van der Waals surface area contributed by atoms with Crippen LogP contribution in [-0.2, 0) is 0 Å². The Balaban J connectivity index is 1.14. The van der Waals surface area contributed by atoms with Crippen LogP contribution in [0.4, 0.5) is 0 Å². The molecule has 0 radical (unpaired) electrons. The molecule has 12 rings (SSSR count). The Kier molecular flexibility index (Phi) is 6.40. The number of hydrogen-bond acceptors (Lipinski definition) is 2. The van der Waals surface area contributed by atoms with Gasteiger partial charge in [-0.25, -0.2) is 0 Å². The maximum absolute atomic E-state index is 6.65. The minimum Gasteiger partial charge on any atom is -0.455 e. The van der Waals surface area contributed by atoms with Crippen LogP contribution in [0, 0.1) is 0 Å². The molecule has 1 nitrogen and oxygen atoms in total. The van der Waals surface area contributed by atoms with E-state index in [9.17, 15) is 0 Å². The molecule has 1 aliphatic rings. The number of para-hydroxylation sites is 1. The molecule has 0 amide bonds. The lowest BCUT2D eigenvalue weighted by molar-refractivity contribution is 0.673. The minimum atomic E-state index is 0.924. The third kappa shape index (κ3) is 4.38. The van der Waals surface area contributed by atoms with E-state index in [1.807, 2.05) is 11.3 Å². The number of thiophene rings is 1. The Hall–Kier alpha value is -6.48. The third-order valence-electron chi connectivity index (χ3n) is 11.6. The zero-order valence-corrected chi connectivity index (χ0v) is 30.2. The molecule has 2 heteroatoms. The second kappa shape index (κ2) is 11.5. The predicted molar refractivity (Wildman–Crippen MR) is 233 cm³/mol. The van der Waals surface area contributed by atoms with Crippen molar-refractivity contribution in [2.75, 3.05) is 0 Å². The molecule has 0 N–H and O–H groups in total. The second-order valence-electron chi connectivity index (χ2n) is 14.6. The van der Waals surface area contributed by atoms with E-state index in [1.54, 1.807) is 0 Å². The molecule has 0 atom stereocenters. The van der Waals surface area contributed by atoms with Crippen molar-refractivity contribution in [3.05, 3.63) is 168 Å². The molecule has 2 heterocycles. The lowest BCUT2D eigenvalue weighted by atomic mass is 9.85. The molecule has 1 aliphatic carbocycles. The van der Waals surface area contributed by atoms with Crippen molar-refractivity contribution in [3.63, 3.8) is 0 Å². The van der Waals surface area contributed by atoms with Crippen LogP contribution in [0.2, 0.25) is 0 Å². The highest BCUT2D eigenvalue weighted by Gasteiger charge is 2.20. The van der Waals surface area contributed by atoms with Gasteiger partial charge in [-0.05, 0) is 126 Å². The molecule has 252 valence electrons. The van der Waals surface area contributed by atoms with Gasteiger partial charge in [0.1, 0.15) is 11.2 Å². The van der Waals surface area contributed by atoms with Gasteiger partial charge in [-0.3, -0.25) is 0 Å². The van der Waals surface area contributed by atoms with E-state index in [4.69, 9.17) is 4.42 Å². The van der Waals surface area contributed by atoms with Crippen LogP contribution in [0.3, 0.4) is 0 Å². The lowest BCUT2D eigenvalue weighted by Gasteiger charge is -2.18. The quantitative estimate of drug-likeness (QED) is 0.178. The maximum atomic E-state index is 6.65. The van der Waals surface area contributed by atoms with Crippen LogP contribution in [0.1, 0.15) is 12.8 Å². The monoisotopic (exact) mass is 704 g/mol. The van der Waals surface area contributed by atoms with Gasteiger partial charge < -0.3 is 4.42 Å². The molecule has 9 aromatic carbocycles. The van der Waals surface area contributed by atoms with Crippen molar-refractivity contribution >= 4 is 97.9 Å². The summed E-state index contributed by atoms with van der Waals surface area (Å²) >= 11 is 1.86. The molecule has 0 fully saturated rings. The summed E-state index contributed by atoms with van der Waals surface area (Å²) in [6.45, 7) is 0. The topological polar surface area (TPSA) is 13.1 Å². The Morgan fingerprint density at radius 3 is 1.85 bits per heavy atom. The first-order valence-corrected chi connectivity index (χ1v) is 19.6. The molecular formula is C52H32OS. The smallest absolute Gasteiger partial charge is 0.143 e. The molecule has 0 saturated heterocycles. The first kappa shape index (κ1) is 30.0. The van der Waals surface area contributed by atoms with E-state index >= 15 is 0 Å². The average Bonchev–Trinajstić information content (AvgIpc) is 3.79. The van der Waals surface area contributed by atoms with Crippen molar-refractivity contribution < 1.29 is 4.42 Å². The van der Waals surface area contributed by atoms with Gasteiger partial charge in [-0.2, -0.15) is 0 Å². The fourth-order valence-corrected chi connectivity index (χ4v) is 10.3. The zero-order valence-electron chi connectivity index (χ0n) is 29.4. The highest BCUT2D eigenvalue weighted by molar-refractivity contribution is 7.25. The summed E-state index contributed by atoms with van der Waals surface area (Å²) in [5.74, 6) is 0. The number of fused-ring (bicyclic) bond motifs is 11. The van der Waals surface area contributed by atoms with Crippen LogP contribution < -0.4 is 10.4 Å². The highest BCUT2D eigenvalue weighted by Crippen LogP contribution is 2.45. The fraction of sp³-hybridized carbons (Fsp3) is 0.0385. The summed E-state index contributed by atoms with van der Waals surface area (Å²) in [6, 6.07) is 58.3. The molecule has 2 aromatic heterocycles. The van der Waals surface area contributed by atoms with E-state index in [2.05, 4.69) is 170 Å². The normalized spacial score (nSPS) is 13.0. The van der Waals surface area contributed by atoms with Gasteiger partial charge in [0.05, 0.1) is 0 Å². The van der Waals surface area contributed by atoms with Crippen molar-refractivity contribution in [2.24, 2.45) is 0 Å². The highest BCUT2D eigenvalue weighted by atomic mass is 32.1. The fourth-order valence-electron chi connectivity index (χ4n) is 9.22. The number of benzene rings is 9. The Morgan fingerprint density at radius 1 is 0.389 bits per heavy atom. The van der Waals surface area contributed by atoms with Gasteiger partial charge in [-0.15, -0.1) is 11.3 Å². The second-order valence-corrected chi connectivity index (χ2v) is 15.7. The lowest BCUT2D eigenvalue weighted by Crippen LogP contribution is -2.31. The average molecular weight is 705 g/mol. The van der Waals surface area contributed by atoms with Crippen LogP contribution >= 0.6 is 11.3 Å². The minimum absolute atomic E-state index is 0.924. The summed E-state index contributed by atoms with van der Waals surface area (Å²) < 4.78 is 9.25. The molecule has 54 heavy (non-hydrogen) atoms. The number of furan rings is 1. The molecule has 0 unspecified atom stereocenters. The summed E-state index contributed by atoms with van der Waals surface area (Å²) in [5.41, 5.74) is 9.47.